The van der Waals surface area contributed by atoms with E-state index >= 15 is 0 Å². The van der Waals surface area contributed by atoms with Gasteiger partial charge in [-0.15, -0.1) is 13.2 Å². The normalized spacial score (nSPS) is 12.2. The molecule has 0 bridgehead atoms. The minimum absolute atomic E-state index is 0.0596. The van der Waals surface area contributed by atoms with Crippen molar-refractivity contribution >= 4 is 5.97 Å². The molecule has 0 spiro atoms. The Morgan fingerprint density at radius 3 is 2.18 bits per heavy atom. The Morgan fingerprint density at radius 1 is 1.18 bits per heavy atom. The van der Waals surface area contributed by atoms with E-state index in [-0.39, 0.29) is 5.92 Å². The first-order valence-corrected chi connectivity index (χ1v) is 5.87. The van der Waals surface area contributed by atoms with Gasteiger partial charge in [0.1, 0.15) is 0 Å². The molecule has 0 radical (unpaired) electrons. The lowest BCUT2D eigenvalue weighted by molar-refractivity contribution is -0.326. The van der Waals surface area contributed by atoms with E-state index < -0.39 is 12.1 Å². The molecule has 0 N–H and O–H groups in total. The minimum atomic E-state index is -0.731. The number of rotatable bonds is 10. The van der Waals surface area contributed by atoms with Crippen LogP contribution in [0.25, 0.3) is 0 Å². The van der Waals surface area contributed by atoms with Gasteiger partial charge in [0.15, 0.2) is 6.10 Å². The summed E-state index contributed by atoms with van der Waals surface area (Å²) in [5.41, 5.74) is 0. The lowest BCUT2D eigenvalue weighted by Gasteiger charge is -2.22. The number of allylic oxidation sites excluding steroid dienone is 2. The van der Waals surface area contributed by atoms with Crippen LogP contribution in [0.1, 0.15) is 26.7 Å². The lowest BCUT2D eigenvalue weighted by atomic mass is 9.95. The van der Waals surface area contributed by atoms with Crippen LogP contribution in [0.2, 0.25) is 0 Å². The van der Waals surface area contributed by atoms with Crippen LogP contribution >= 0.6 is 0 Å². The Labute approximate surface area is 103 Å². The molecule has 0 aromatic heterocycles. The Bertz CT molecular complexity index is 228. The molecular weight excluding hydrogens is 220 g/mol. The highest BCUT2D eigenvalue weighted by Crippen LogP contribution is 2.19. The molecule has 4 heteroatoms. The summed E-state index contributed by atoms with van der Waals surface area (Å²) in [7, 11) is 0. The first-order valence-electron chi connectivity index (χ1n) is 5.87. The first-order chi connectivity index (χ1) is 8.21. The number of carbonyl (C=O) groups is 1. The molecule has 1 unspecified atom stereocenters. The molecule has 4 nitrogen and oxygen atoms in total. The average molecular weight is 242 g/mol. The number of hydrogen-bond acceptors (Lipinski definition) is 4. The molecule has 1 atom stereocenters. The molecule has 98 valence electrons. The third-order valence-corrected chi connectivity index (χ3v) is 2.18. The smallest absolute Gasteiger partial charge is 0.338 e. The summed E-state index contributed by atoms with van der Waals surface area (Å²) < 4.78 is 4.96. The van der Waals surface area contributed by atoms with E-state index in [4.69, 9.17) is 14.5 Å². The zero-order valence-corrected chi connectivity index (χ0v) is 10.7. The highest BCUT2D eigenvalue weighted by atomic mass is 17.2. The van der Waals surface area contributed by atoms with Gasteiger partial charge in [-0.1, -0.05) is 12.2 Å². The van der Waals surface area contributed by atoms with Crippen molar-refractivity contribution in [2.45, 2.75) is 32.8 Å². The van der Waals surface area contributed by atoms with Crippen molar-refractivity contribution in [3.63, 3.8) is 0 Å². The predicted molar refractivity (Wildman–Crippen MR) is 66.3 cm³/mol. The van der Waals surface area contributed by atoms with E-state index in [0.717, 1.165) is 0 Å². The number of hydrogen-bond donors (Lipinski definition) is 0. The summed E-state index contributed by atoms with van der Waals surface area (Å²) >= 11 is 0. The molecular formula is C13H22O4. The second-order valence-electron chi connectivity index (χ2n) is 3.48. The molecule has 0 heterocycles. The van der Waals surface area contributed by atoms with Crippen LogP contribution in [0.15, 0.2) is 25.3 Å². The van der Waals surface area contributed by atoms with Gasteiger partial charge >= 0.3 is 5.97 Å². The number of ether oxygens (including phenoxy) is 1. The summed E-state index contributed by atoms with van der Waals surface area (Å²) in [5.74, 6) is -0.467. The van der Waals surface area contributed by atoms with Gasteiger partial charge in [0.05, 0.1) is 13.2 Å². The van der Waals surface area contributed by atoms with Crippen LogP contribution in [0.5, 0.6) is 0 Å². The second kappa shape index (κ2) is 10.1. The zero-order chi connectivity index (χ0) is 13.1. The first kappa shape index (κ1) is 15.9. The van der Waals surface area contributed by atoms with Gasteiger partial charge in [-0.05, 0) is 26.7 Å². The maximum absolute atomic E-state index is 11.7. The highest BCUT2D eigenvalue weighted by molar-refractivity contribution is 5.75. The summed E-state index contributed by atoms with van der Waals surface area (Å²) in [5, 5.41) is 0. The van der Waals surface area contributed by atoms with Gasteiger partial charge in [0.25, 0.3) is 0 Å². The van der Waals surface area contributed by atoms with Crippen molar-refractivity contribution in [3.05, 3.63) is 25.3 Å². The fourth-order valence-electron chi connectivity index (χ4n) is 1.45. The van der Waals surface area contributed by atoms with E-state index in [1.807, 2.05) is 0 Å². The molecule has 0 aliphatic carbocycles. The molecule has 0 saturated carbocycles. The Morgan fingerprint density at radius 2 is 1.76 bits per heavy atom. The van der Waals surface area contributed by atoms with Crippen LogP contribution in [-0.4, -0.2) is 25.3 Å². The van der Waals surface area contributed by atoms with E-state index in [1.165, 1.54) is 0 Å². The van der Waals surface area contributed by atoms with E-state index in [2.05, 4.69) is 13.2 Å². The molecule has 0 rings (SSSR count). The zero-order valence-electron chi connectivity index (χ0n) is 10.7. The molecule has 17 heavy (non-hydrogen) atoms. The third kappa shape index (κ3) is 6.24. The van der Waals surface area contributed by atoms with Gasteiger partial charge in [-0.2, -0.15) is 0 Å². The van der Waals surface area contributed by atoms with Gasteiger partial charge in [-0.3, -0.25) is 0 Å². The van der Waals surface area contributed by atoms with Gasteiger partial charge in [0, 0.05) is 5.92 Å². The lowest BCUT2D eigenvalue weighted by Crippen LogP contribution is -2.34. The quantitative estimate of drug-likeness (QED) is 0.256. The van der Waals surface area contributed by atoms with Crippen molar-refractivity contribution < 1.29 is 19.3 Å². The van der Waals surface area contributed by atoms with Gasteiger partial charge in [-0.25, -0.2) is 14.6 Å². The van der Waals surface area contributed by atoms with Crippen LogP contribution in [0.4, 0.5) is 0 Å². The summed E-state index contributed by atoms with van der Waals surface area (Å²) in [6, 6.07) is 0. The van der Waals surface area contributed by atoms with Crippen molar-refractivity contribution in [2.24, 2.45) is 5.92 Å². The van der Waals surface area contributed by atoms with Crippen LogP contribution in [-0.2, 0) is 19.3 Å². The van der Waals surface area contributed by atoms with Crippen molar-refractivity contribution in [1.29, 1.82) is 0 Å². The molecule has 0 fully saturated rings. The molecule has 0 aliphatic heterocycles. The van der Waals surface area contributed by atoms with Crippen molar-refractivity contribution in [1.82, 2.24) is 0 Å². The maximum Gasteiger partial charge on any atom is 0.338 e. The Balaban J connectivity index is 4.62. The van der Waals surface area contributed by atoms with E-state index in [9.17, 15) is 4.79 Å². The average Bonchev–Trinajstić information content (AvgIpc) is 2.30. The molecule has 0 aromatic carbocycles. The topological polar surface area (TPSA) is 44.8 Å². The van der Waals surface area contributed by atoms with E-state index in [0.29, 0.717) is 26.1 Å². The highest BCUT2D eigenvalue weighted by Gasteiger charge is 2.30. The van der Waals surface area contributed by atoms with Gasteiger partial charge < -0.3 is 4.74 Å². The largest absolute Gasteiger partial charge is 0.464 e. The van der Waals surface area contributed by atoms with Crippen molar-refractivity contribution in [2.75, 3.05) is 13.2 Å². The molecule has 0 aliphatic rings. The van der Waals surface area contributed by atoms with Crippen LogP contribution < -0.4 is 0 Å². The SMILES string of the molecule is C=CCC(CC=C)C(OOCC)C(=O)OCC. The fraction of sp³-hybridized carbons (Fsp3) is 0.615. The van der Waals surface area contributed by atoms with Gasteiger partial charge in [0.2, 0.25) is 0 Å². The maximum atomic E-state index is 11.7. The summed E-state index contributed by atoms with van der Waals surface area (Å²) in [6.45, 7) is 11.6. The summed E-state index contributed by atoms with van der Waals surface area (Å²) in [6.07, 6.45) is 4.04. The predicted octanol–water partition coefficient (Wildman–Crippen LogP) is 2.65. The standard InChI is InChI=1S/C13H22O4/c1-5-9-11(10-6-2)12(17-16-8-4)13(14)15-7-3/h5-6,11-12H,1-2,7-10H2,3-4H3. The molecule has 0 amide bonds. The minimum Gasteiger partial charge on any atom is -0.464 e. The Hall–Kier alpha value is -1.13. The third-order valence-electron chi connectivity index (χ3n) is 2.18. The number of carbonyl (C=O) groups excluding carboxylic acids is 1. The Kier molecular flexibility index (Phi) is 9.38. The van der Waals surface area contributed by atoms with Crippen LogP contribution in [0, 0.1) is 5.92 Å². The van der Waals surface area contributed by atoms with Crippen LogP contribution in [0.3, 0.4) is 0 Å². The number of esters is 1. The van der Waals surface area contributed by atoms with Crippen molar-refractivity contribution in [3.8, 4) is 0 Å². The monoisotopic (exact) mass is 242 g/mol. The second-order valence-corrected chi connectivity index (χ2v) is 3.48. The summed E-state index contributed by atoms with van der Waals surface area (Å²) in [4.78, 5) is 21.7. The molecule has 0 aromatic rings. The van der Waals surface area contributed by atoms with E-state index in [1.54, 1.807) is 26.0 Å². The fourth-order valence-corrected chi connectivity index (χ4v) is 1.45. The molecule has 0 saturated heterocycles.